The molecule has 0 N–H and O–H groups in total. The number of rotatable bonds is 4. The lowest BCUT2D eigenvalue weighted by atomic mass is 10.00. The zero-order valence-electron chi connectivity index (χ0n) is 14.6. The van der Waals surface area contributed by atoms with Crippen LogP contribution in [0.5, 0.6) is 0 Å². The molecule has 3 aromatic rings. The summed E-state index contributed by atoms with van der Waals surface area (Å²) in [7, 11) is 0. The number of ether oxygens (including phenoxy) is 1. The monoisotopic (exact) mass is 362 g/mol. The molecule has 0 fully saturated rings. The van der Waals surface area contributed by atoms with Crippen LogP contribution in [-0.4, -0.2) is 44.7 Å². The molecule has 0 unspecified atom stereocenters. The van der Waals surface area contributed by atoms with Crippen LogP contribution in [0.15, 0.2) is 61.2 Å². The Labute approximate surface area is 156 Å². The number of benzene rings is 2. The molecule has 0 atom stereocenters. The molecule has 2 heterocycles. The molecular formula is C20H18N4O3. The lowest BCUT2D eigenvalue weighted by Crippen LogP contribution is -2.38. The molecule has 27 heavy (non-hydrogen) atoms. The molecule has 7 heteroatoms. The average Bonchev–Trinajstić information content (AvgIpc) is 3.26. The van der Waals surface area contributed by atoms with Gasteiger partial charge in [-0.25, -0.2) is 14.5 Å². The fourth-order valence-electron chi connectivity index (χ4n) is 3.10. The summed E-state index contributed by atoms with van der Waals surface area (Å²) in [5.41, 5.74) is 3.58. The summed E-state index contributed by atoms with van der Waals surface area (Å²) >= 11 is 0. The Hall–Kier alpha value is -3.48. The van der Waals surface area contributed by atoms with Crippen molar-refractivity contribution in [2.75, 3.05) is 13.2 Å². The van der Waals surface area contributed by atoms with E-state index in [1.165, 1.54) is 11.9 Å². The van der Waals surface area contributed by atoms with Crippen molar-refractivity contribution in [3.63, 3.8) is 0 Å². The molecule has 0 saturated heterocycles. The predicted octanol–water partition coefficient (Wildman–Crippen LogP) is 2.01. The smallest absolute Gasteiger partial charge is 0.338 e. The van der Waals surface area contributed by atoms with Gasteiger partial charge in [-0.3, -0.25) is 4.79 Å². The molecule has 136 valence electrons. The van der Waals surface area contributed by atoms with Gasteiger partial charge in [0.1, 0.15) is 12.7 Å². The molecule has 0 bridgehead atoms. The van der Waals surface area contributed by atoms with Crippen molar-refractivity contribution >= 4 is 11.9 Å². The number of carbonyl (C=O) groups excluding carboxylic acids is 2. The molecule has 0 radical (unpaired) electrons. The van der Waals surface area contributed by atoms with E-state index in [1.807, 2.05) is 18.2 Å². The summed E-state index contributed by atoms with van der Waals surface area (Å²) in [6.07, 6.45) is 3.83. The van der Waals surface area contributed by atoms with Crippen LogP contribution in [0.25, 0.3) is 5.69 Å². The standard InChI is InChI=1S/C20H18N4O3/c25-19(23-10-9-15-3-1-2-4-17(15)11-23)12-27-20(26)16-5-7-18(8-6-16)24-14-21-13-22-24/h1-8,13-14H,9-12H2. The third kappa shape index (κ3) is 3.72. The lowest BCUT2D eigenvalue weighted by molar-refractivity contribution is -0.135. The Balaban J connectivity index is 1.33. The summed E-state index contributed by atoms with van der Waals surface area (Å²) in [6.45, 7) is 0.936. The number of aromatic nitrogens is 3. The van der Waals surface area contributed by atoms with Gasteiger partial charge in [0.25, 0.3) is 5.91 Å². The summed E-state index contributed by atoms with van der Waals surface area (Å²) in [5.74, 6) is -0.706. The Kier molecular flexibility index (Phi) is 4.65. The number of amides is 1. The van der Waals surface area contributed by atoms with Gasteiger partial charge in [0.15, 0.2) is 6.61 Å². The van der Waals surface area contributed by atoms with Crippen molar-refractivity contribution in [2.45, 2.75) is 13.0 Å². The molecule has 2 aromatic carbocycles. The SMILES string of the molecule is O=C(OCC(=O)N1CCc2ccccc2C1)c1ccc(-n2cncn2)cc1. The Morgan fingerprint density at radius 2 is 1.81 bits per heavy atom. The van der Waals surface area contributed by atoms with Gasteiger partial charge in [-0.2, -0.15) is 5.10 Å². The highest BCUT2D eigenvalue weighted by Gasteiger charge is 2.21. The van der Waals surface area contributed by atoms with E-state index in [0.29, 0.717) is 18.7 Å². The lowest BCUT2D eigenvalue weighted by Gasteiger charge is -2.28. The third-order valence-corrected chi connectivity index (χ3v) is 4.60. The van der Waals surface area contributed by atoms with E-state index in [4.69, 9.17) is 4.74 Å². The Bertz CT molecular complexity index is 952. The largest absolute Gasteiger partial charge is 0.452 e. The molecule has 0 spiro atoms. The normalized spacial score (nSPS) is 13.1. The third-order valence-electron chi connectivity index (χ3n) is 4.60. The second-order valence-corrected chi connectivity index (χ2v) is 6.30. The van der Waals surface area contributed by atoms with Crippen molar-refractivity contribution in [1.82, 2.24) is 19.7 Å². The quantitative estimate of drug-likeness (QED) is 0.664. The van der Waals surface area contributed by atoms with Crippen LogP contribution in [0, 0.1) is 0 Å². The second kappa shape index (κ2) is 7.41. The van der Waals surface area contributed by atoms with Gasteiger partial charge in [0.05, 0.1) is 11.3 Å². The van der Waals surface area contributed by atoms with E-state index in [1.54, 1.807) is 40.2 Å². The first kappa shape index (κ1) is 17.0. The van der Waals surface area contributed by atoms with Crippen LogP contribution >= 0.6 is 0 Å². The predicted molar refractivity (Wildman–Crippen MR) is 97.2 cm³/mol. The topological polar surface area (TPSA) is 77.3 Å². The van der Waals surface area contributed by atoms with Crippen LogP contribution < -0.4 is 0 Å². The average molecular weight is 362 g/mol. The summed E-state index contributed by atoms with van der Waals surface area (Å²) < 4.78 is 6.79. The maximum Gasteiger partial charge on any atom is 0.338 e. The summed E-state index contributed by atoms with van der Waals surface area (Å²) in [4.78, 5) is 30.2. The molecule has 1 aliphatic rings. The van der Waals surface area contributed by atoms with E-state index in [9.17, 15) is 9.59 Å². The van der Waals surface area contributed by atoms with Gasteiger partial charge in [0, 0.05) is 13.1 Å². The zero-order valence-corrected chi connectivity index (χ0v) is 14.6. The molecular weight excluding hydrogens is 344 g/mol. The first-order chi connectivity index (χ1) is 13.2. The maximum atomic E-state index is 12.4. The summed E-state index contributed by atoms with van der Waals surface area (Å²) in [6, 6.07) is 14.9. The van der Waals surface area contributed by atoms with Crippen LogP contribution in [0.1, 0.15) is 21.5 Å². The van der Waals surface area contributed by atoms with Crippen molar-refractivity contribution in [1.29, 1.82) is 0 Å². The fourth-order valence-corrected chi connectivity index (χ4v) is 3.10. The number of esters is 1. The zero-order chi connectivity index (χ0) is 18.6. The number of hydrogen-bond acceptors (Lipinski definition) is 5. The van der Waals surface area contributed by atoms with Crippen LogP contribution in [0.2, 0.25) is 0 Å². The van der Waals surface area contributed by atoms with Crippen molar-refractivity contribution in [2.24, 2.45) is 0 Å². The molecule has 1 amide bonds. The fraction of sp³-hybridized carbons (Fsp3) is 0.200. The molecule has 1 aliphatic heterocycles. The molecule has 4 rings (SSSR count). The maximum absolute atomic E-state index is 12.4. The van der Waals surface area contributed by atoms with Gasteiger partial charge < -0.3 is 9.64 Å². The molecule has 0 aliphatic carbocycles. The number of fused-ring (bicyclic) bond motifs is 1. The van der Waals surface area contributed by atoms with E-state index in [0.717, 1.165) is 17.7 Å². The van der Waals surface area contributed by atoms with Crippen molar-refractivity contribution in [3.05, 3.63) is 77.9 Å². The van der Waals surface area contributed by atoms with E-state index >= 15 is 0 Å². The Morgan fingerprint density at radius 1 is 1.04 bits per heavy atom. The van der Waals surface area contributed by atoms with E-state index in [-0.39, 0.29) is 12.5 Å². The van der Waals surface area contributed by atoms with Crippen molar-refractivity contribution < 1.29 is 14.3 Å². The van der Waals surface area contributed by atoms with Gasteiger partial charge in [-0.15, -0.1) is 0 Å². The highest BCUT2D eigenvalue weighted by atomic mass is 16.5. The van der Waals surface area contributed by atoms with E-state index in [2.05, 4.69) is 16.1 Å². The number of nitrogens with zero attached hydrogens (tertiary/aromatic N) is 4. The molecule has 1 aromatic heterocycles. The highest BCUT2D eigenvalue weighted by molar-refractivity contribution is 5.91. The number of carbonyl (C=O) groups is 2. The van der Waals surface area contributed by atoms with Crippen LogP contribution in [-0.2, 0) is 22.5 Å². The molecule has 7 nitrogen and oxygen atoms in total. The minimum Gasteiger partial charge on any atom is -0.452 e. The van der Waals surface area contributed by atoms with Gasteiger partial charge in [-0.1, -0.05) is 24.3 Å². The number of hydrogen-bond donors (Lipinski definition) is 0. The minimum atomic E-state index is -0.522. The summed E-state index contributed by atoms with van der Waals surface area (Å²) in [5, 5.41) is 4.03. The van der Waals surface area contributed by atoms with Gasteiger partial charge in [-0.05, 0) is 41.8 Å². The Morgan fingerprint density at radius 3 is 2.56 bits per heavy atom. The van der Waals surface area contributed by atoms with Crippen molar-refractivity contribution in [3.8, 4) is 5.69 Å². The minimum absolute atomic E-state index is 0.183. The highest BCUT2D eigenvalue weighted by Crippen LogP contribution is 2.18. The first-order valence-electron chi connectivity index (χ1n) is 8.67. The second-order valence-electron chi connectivity index (χ2n) is 6.30. The van der Waals surface area contributed by atoms with E-state index < -0.39 is 5.97 Å². The van der Waals surface area contributed by atoms with Gasteiger partial charge in [0.2, 0.25) is 0 Å². The first-order valence-corrected chi connectivity index (χ1v) is 8.67. The van der Waals surface area contributed by atoms with Gasteiger partial charge >= 0.3 is 5.97 Å². The van der Waals surface area contributed by atoms with Crippen LogP contribution in [0.4, 0.5) is 0 Å². The van der Waals surface area contributed by atoms with Crippen LogP contribution in [0.3, 0.4) is 0 Å². The molecule has 0 saturated carbocycles.